The highest BCUT2D eigenvalue weighted by Gasteiger charge is 2.49. The van der Waals surface area contributed by atoms with E-state index in [1.165, 1.54) is 0 Å². The van der Waals surface area contributed by atoms with Gasteiger partial charge in [-0.2, -0.15) is 0 Å². The van der Waals surface area contributed by atoms with Gasteiger partial charge in [0, 0.05) is 43.0 Å². The maximum atomic E-state index is 12.7. The zero-order valence-corrected chi connectivity index (χ0v) is 15.0. The molecule has 1 atom stereocenters. The van der Waals surface area contributed by atoms with Crippen molar-refractivity contribution in [2.24, 2.45) is 11.3 Å². The number of nitrogens with zero attached hydrogens (tertiary/aromatic N) is 3. The largest absolute Gasteiger partial charge is 0.361 e. The molecule has 1 spiro atoms. The monoisotopic (exact) mass is 343 g/mol. The molecule has 25 heavy (non-hydrogen) atoms. The van der Waals surface area contributed by atoms with Crippen LogP contribution in [0.4, 0.5) is 0 Å². The Morgan fingerprint density at radius 3 is 2.76 bits per heavy atom. The second-order valence-corrected chi connectivity index (χ2v) is 7.88. The van der Waals surface area contributed by atoms with Crippen molar-refractivity contribution in [2.45, 2.75) is 46.1 Å². The van der Waals surface area contributed by atoms with Gasteiger partial charge in [-0.3, -0.25) is 9.59 Å². The molecule has 0 saturated carbocycles. The van der Waals surface area contributed by atoms with Crippen LogP contribution in [0.1, 0.15) is 42.7 Å². The molecule has 2 amide bonds. The van der Waals surface area contributed by atoms with Crippen molar-refractivity contribution in [3.05, 3.63) is 29.2 Å². The summed E-state index contributed by atoms with van der Waals surface area (Å²) >= 11 is 0. The molecule has 2 saturated heterocycles. The van der Waals surface area contributed by atoms with E-state index in [1.54, 1.807) is 0 Å². The van der Waals surface area contributed by atoms with Crippen LogP contribution in [0, 0.1) is 25.2 Å². The molecule has 134 valence electrons. The molecule has 3 aliphatic rings. The highest BCUT2D eigenvalue weighted by atomic mass is 16.5. The molecule has 1 aromatic heterocycles. The molecule has 1 unspecified atom stereocenters. The summed E-state index contributed by atoms with van der Waals surface area (Å²) in [6, 6.07) is 0. The zero-order chi connectivity index (χ0) is 17.6. The minimum Gasteiger partial charge on any atom is -0.361 e. The van der Waals surface area contributed by atoms with Gasteiger partial charge in [0.1, 0.15) is 5.76 Å². The first-order valence-electron chi connectivity index (χ1n) is 9.11. The van der Waals surface area contributed by atoms with Crippen LogP contribution in [-0.2, 0) is 16.1 Å². The smallest absolute Gasteiger partial charge is 0.226 e. The maximum absolute atomic E-state index is 12.7. The molecule has 2 fully saturated rings. The summed E-state index contributed by atoms with van der Waals surface area (Å²) in [6.07, 6.45) is 7.38. The van der Waals surface area contributed by atoms with E-state index >= 15 is 0 Å². The molecular weight excluding hydrogens is 318 g/mol. The van der Waals surface area contributed by atoms with Crippen molar-refractivity contribution >= 4 is 11.8 Å². The quantitative estimate of drug-likeness (QED) is 0.789. The third-order valence-corrected chi connectivity index (χ3v) is 6.04. The number of likely N-dealkylation sites (tertiary alicyclic amines) is 2. The number of hydrogen-bond acceptors (Lipinski definition) is 4. The predicted octanol–water partition coefficient (Wildman–Crippen LogP) is 2.21. The number of aromatic nitrogens is 1. The second-order valence-electron chi connectivity index (χ2n) is 7.88. The fourth-order valence-corrected chi connectivity index (χ4v) is 4.52. The Bertz CT molecular complexity index is 711. The number of aryl methyl sites for hydroxylation is 2. The van der Waals surface area contributed by atoms with Gasteiger partial charge in [-0.15, -0.1) is 0 Å². The second kappa shape index (κ2) is 6.00. The average molecular weight is 343 g/mol. The van der Waals surface area contributed by atoms with E-state index in [-0.39, 0.29) is 23.1 Å². The van der Waals surface area contributed by atoms with Crippen LogP contribution >= 0.6 is 0 Å². The van der Waals surface area contributed by atoms with Crippen molar-refractivity contribution in [3.8, 4) is 0 Å². The van der Waals surface area contributed by atoms with Crippen LogP contribution in [0.25, 0.3) is 0 Å². The SMILES string of the molecule is Cc1noc(C)c1CN1CC2(CCN(C(=O)C3CC=CC3)C2)CC1=O. The number of carbonyl (C=O) groups excluding carboxylic acids is 2. The van der Waals surface area contributed by atoms with Gasteiger partial charge in [-0.1, -0.05) is 17.3 Å². The molecule has 6 nitrogen and oxygen atoms in total. The van der Waals surface area contributed by atoms with E-state index in [1.807, 2.05) is 23.6 Å². The van der Waals surface area contributed by atoms with Crippen molar-refractivity contribution in [3.63, 3.8) is 0 Å². The summed E-state index contributed by atoms with van der Waals surface area (Å²) in [4.78, 5) is 29.1. The fraction of sp³-hybridized carbons (Fsp3) is 0.632. The third-order valence-electron chi connectivity index (χ3n) is 6.04. The van der Waals surface area contributed by atoms with Gasteiger partial charge in [-0.05, 0) is 33.1 Å². The number of hydrogen-bond donors (Lipinski definition) is 0. The van der Waals surface area contributed by atoms with E-state index in [9.17, 15) is 9.59 Å². The first-order chi connectivity index (χ1) is 12.0. The molecule has 4 rings (SSSR count). The van der Waals surface area contributed by atoms with Crippen LogP contribution in [-0.4, -0.2) is 46.4 Å². The third kappa shape index (κ3) is 2.87. The molecule has 1 aliphatic carbocycles. The van der Waals surface area contributed by atoms with E-state index in [0.717, 1.165) is 49.4 Å². The van der Waals surface area contributed by atoms with Gasteiger partial charge >= 0.3 is 0 Å². The summed E-state index contributed by atoms with van der Waals surface area (Å²) in [6.45, 7) is 6.57. The normalized spacial score (nSPS) is 26.6. The predicted molar refractivity (Wildman–Crippen MR) is 91.5 cm³/mol. The standard InChI is InChI=1S/C19H25N3O3/c1-13-16(14(2)25-20-13)10-22-12-19(9-17(22)23)7-8-21(11-19)18(24)15-5-3-4-6-15/h3-4,15H,5-12H2,1-2H3. The lowest BCUT2D eigenvalue weighted by Gasteiger charge is -2.25. The first-order valence-corrected chi connectivity index (χ1v) is 9.11. The van der Waals surface area contributed by atoms with E-state index in [4.69, 9.17) is 4.52 Å². The van der Waals surface area contributed by atoms with Crippen LogP contribution in [0.15, 0.2) is 16.7 Å². The summed E-state index contributed by atoms with van der Waals surface area (Å²) in [5.41, 5.74) is 1.79. The topological polar surface area (TPSA) is 66.7 Å². The highest BCUT2D eigenvalue weighted by molar-refractivity contribution is 5.82. The minimum absolute atomic E-state index is 0.0717. The molecule has 0 aromatic carbocycles. The van der Waals surface area contributed by atoms with Gasteiger partial charge < -0.3 is 14.3 Å². The van der Waals surface area contributed by atoms with Crippen LogP contribution in [0.3, 0.4) is 0 Å². The Morgan fingerprint density at radius 2 is 2.08 bits per heavy atom. The van der Waals surface area contributed by atoms with Gasteiger partial charge in [0.05, 0.1) is 12.2 Å². The van der Waals surface area contributed by atoms with E-state index in [0.29, 0.717) is 19.5 Å². The van der Waals surface area contributed by atoms with Crippen LogP contribution in [0.5, 0.6) is 0 Å². The fourth-order valence-electron chi connectivity index (χ4n) is 4.52. The molecule has 0 bridgehead atoms. The van der Waals surface area contributed by atoms with E-state index < -0.39 is 0 Å². The van der Waals surface area contributed by atoms with Crippen LogP contribution in [0.2, 0.25) is 0 Å². The molecule has 0 radical (unpaired) electrons. The lowest BCUT2D eigenvalue weighted by Crippen LogP contribution is -2.36. The molecule has 1 aromatic rings. The van der Waals surface area contributed by atoms with Crippen molar-refractivity contribution < 1.29 is 14.1 Å². The molecule has 2 aliphatic heterocycles. The first kappa shape index (κ1) is 16.4. The Labute approximate surface area is 147 Å². The summed E-state index contributed by atoms with van der Waals surface area (Å²) in [7, 11) is 0. The van der Waals surface area contributed by atoms with Gasteiger partial charge in [-0.25, -0.2) is 0 Å². The Balaban J connectivity index is 1.42. The lowest BCUT2D eigenvalue weighted by molar-refractivity contribution is -0.134. The molecule has 3 heterocycles. The highest BCUT2D eigenvalue weighted by Crippen LogP contribution is 2.41. The molecule has 0 N–H and O–H groups in total. The number of allylic oxidation sites excluding steroid dienone is 2. The zero-order valence-electron chi connectivity index (χ0n) is 15.0. The van der Waals surface area contributed by atoms with Crippen molar-refractivity contribution in [1.29, 1.82) is 0 Å². The number of amides is 2. The number of rotatable bonds is 3. The van der Waals surface area contributed by atoms with Gasteiger partial charge in [0.25, 0.3) is 0 Å². The Morgan fingerprint density at radius 1 is 1.32 bits per heavy atom. The summed E-state index contributed by atoms with van der Waals surface area (Å²) in [5.74, 6) is 1.34. The summed E-state index contributed by atoms with van der Waals surface area (Å²) in [5, 5.41) is 3.98. The van der Waals surface area contributed by atoms with Crippen molar-refractivity contribution in [1.82, 2.24) is 15.0 Å². The lowest BCUT2D eigenvalue weighted by atomic mass is 9.86. The Hall–Kier alpha value is -2.11. The molecule has 6 heteroatoms. The minimum atomic E-state index is -0.0717. The van der Waals surface area contributed by atoms with Gasteiger partial charge in [0.2, 0.25) is 11.8 Å². The van der Waals surface area contributed by atoms with E-state index in [2.05, 4.69) is 17.3 Å². The van der Waals surface area contributed by atoms with Crippen LogP contribution < -0.4 is 0 Å². The average Bonchev–Trinajstić information content (AvgIpc) is 3.34. The summed E-state index contributed by atoms with van der Waals surface area (Å²) < 4.78 is 5.22. The Kier molecular flexibility index (Phi) is 3.93. The van der Waals surface area contributed by atoms with Gasteiger partial charge in [0.15, 0.2) is 0 Å². The van der Waals surface area contributed by atoms with Crippen molar-refractivity contribution in [2.75, 3.05) is 19.6 Å². The maximum Gasteiger partial charge on any atom is 0.226 e. The molecular formula is C19H25N3O3. The number of carbonyl (C=O) groups is 2.